The lowest BCUT2D eigenvalue weighted by Crippen LogP contribution is -2.50. The highest BCUT2D eigenvalue weighted by Crippen LogP contribution is 2.17. The molecule has 0 aliphatic rings. The van der Waals surface area contributed by atoms with Gasteiger partial charge in [-0.3, -0.25) is 9.59 Å². The Labute approximate surface area is 116 Å². The van der Waals surface area contributed by atoms with Crippen LogP contribution in [0.4, 0.5) is 13.2 Å². The summed E-state index contributed by atoms with van der Waals surface area (Å²) in [6.45, 7) is -0.198. The number of likely N-dealkylation sites (N-methyl/N-ethyl adjacent to an activating group) is 1. The van der Waals surface area contributed by atoms with Crippen molar-refractivity contribution >= 4 is 11.8 Å². The number of alkyl halides is 3. The van der Waals surface area contributed by atoms with E-state index >= 15 is 0 Å². The minimum absolute atomic E-state index is 0.305. The Hall–Kier alpha value is -1.31. The van der Waals surface area contributed by atoms with Crippen LogP contribution >= 0.6 is 0 Å². The van der Waals surface area contributed by atoms with Crippen molar-refractivity contribution in [2.75, 3.05) is 27.2 Å². The third kappa shape index (κ3) is 7.32. The van der Waals surface area contributed by atoms with Gasteiger partial charge in [0.05, 0.1) is 6.04 Å². The summed E-state index contributed by atoms with van der Waals surface area (Å²) in [5.74, 6) is -1.42. The number of amides is 2. The predicted molar refractivity (Wildman–Crippen MR) is 68.8 cm³/mol. The minimum atomic E-state index is -4.56. The number of nitrogens with two attached hydrogens (primary N) is 1. The molecule has 0 rings (SSSR count). The van der Waals surface area contributed by atoms with E-state index in [2.05, 4.69) is 0 Å². The smallest absolute Gasteiger partial charge is 0.347 e. The van der Waals surface area contributed by atoms with Crippen molar-refractivity contribution in [3.63, 3.8) is 0 Å². The van der Waals surface area contributed by atoms with E-state index in [1.807, 2.05) is 6.92 Å². The van der Waals surface area contributed by atoms with Crippen LogP contribution in [0.2, 0.25) is 0 Å². The molecule has 0 saturated heterocycles. The van der Waals surface area contributed by atoms with E-state index in [-0.39, 0.29) is 0 Å². The van der Waals surface area contributed by atoms with Crippen molar-refractivity contribution in [2.24, 2.45) is 5.73 Å². The van der Waals surface area contributed by atoms with Crippen molar-refractivity contribution in [2.45, 2.75) is 38.4 Å². The van der Waals surface area contributed by atoms with Gasteiger partial charge in [-0.1, -0.05) is 19.8 Å². The zero-order chi connectivity index (χ0) is 15.9. The van der Waals surface area contributed by atoms with Crippen LogP contribution in [0.1, 0.15) is 26.2 Å². The lowest BCUT2D eigenvalue weighted by molar-refractivity contribution is -0.164. The highest BCUT2D eigenvalue weighted by atomic mass is 19.4. The van der Waals surface area contributed by atoms with Gasteiger partial charge in [-0.05, 0) is 6.42 Å². The molecule has 0 aromatic heterocycles. The number of hydrogen-bond donors (Lipinski definition) is 1. The Bertz CT molecular complexity index is 332. The summed E-state index contributed by atoms with van der Waals surface area (Å²) in [6, 6.07) is -1.01. The zero-order valence-electron chi connectivity index (χ0n) is 12.0. The number of carbonyl (C=O) groups is 2. The molecule has 0 aliphatic heterocycles. The number of nitrogens with zero attached hydrogens (tertiary/aromatic N) is 2. The topological polar surface area (TPSA) is 66.6 Å². The first-order valence-electron chi connectivity index (χ1n) is 6.39. The fraction of sp³-hybridized carbons (Fsp3) is 0.833. The molecule has 2 N–H and O–H groups in total. The maximum Gasteiger partial charge on any atom is 0.406 e. The molecule has 0 aliphatic carbocycles. The van der Waals surface area contributed by atoms with Crippen LogP contribution in [0.3, 0.4) is 0 Å². The molecule has 0 aromatic carbocycles. The first-order chi connectivity index (χ1) is 9.08. The van der Waals surface area contributed by atoms with Gasteiger partial charge in [0.15, 0.2) is 0 Å². The normalized spacial score (nSPS) is 12.9. The van der Waals surface area contributed by atoms with Crippen LogP contribution in [0.25, 0.3) is 0 Å². The average Bonchev–Trinajstić information content (AvgIpc) is 2.32. The highest BCUT2D eigenvalue weighted by Gasteiger charge is 2.35. The third-order valence-electron chi connectivity index (χ3n) is 2.69. The summed E-state index contributed by atoms with van der Waals surface area (Å²) in [5, 5.41) is 0. The number of hydrogen-bond acceptors (Lipinski definition) is 3. The van der Waals surface area contributed by atoms with Crippen molar-refractivity contribution in [1.29, 1.82) is 0 Å². The van der Waals surface area contributed by atoms with Gasteiger partial charge in [0.2, 0.25) is 11.8 Å². The molecular weight excluding hydrogens is 275 g/mol. The van der Waals surface area contributed by atoms with Crippen LogP contribution in [0.15, 0.2) is 0 Å². The molecule has 8 heteroatoms. The first-order valence-corrected chi connectivity index (χ1v) is 6.39. The second kappa shape index (κ2) is 8.08. The molecule has 0 saturated carbocycles. The Morgan fingerprint density at radius 2 is 1.80 bits per heavy atom. The molecule has 118 valence electrons. The molecule has 0 spiro atoms. The van der Waals surface area contributed by atoms with E-state index in [4.69, 9.17) is 5.73 Å². The largest absolute Gasteiger partial charge is 0.406 e. The second-order valence-corrected chi connectivity index (χ2v) is 4.85. The van der Waals surface area contributed by atoms with Crippen LogP contribution in [-0.2, 0) is 9.59 Å². The van der Waals surface area contributed by atoms with Gasteiger partial charge in [0.25, 0.3) is 0 Å². The van der Waals surface area contributed by atoms with Gasteiger partial charge in [-0.15, -0.1) is 0 Å². The van der Waals surface area contributed by atoms with Gasteiger partial charge in [0.1, 0.15) is 13.1 Å². The number of halogens is 3. The summed E-state index contributed by atoms with van der Waals surface area (Å²) in [7, 11) is 2.82. The van der Waals surface area contributed by atoms with Crippen LogP contribution < -0.4 is 5.73 Å². The second-order valence-electron chi connectivity index (χ2n) is 4.85. The summed E-state index contributed by atoms with van der Waals surface area (Å²) in [4.78, 5) is 25.0. The monoisotopic (exact) mass is 297 g/mol. The predicted octanol–water partition coefficient (Wildman–Crippen LogP) is 0.983. The maximum absolute atomic E-state index is 12.5. The Balaban J connectivity index is 4.82. The fourth-order valence-corrected chi connectivity index (χ4v) is 1.51. The molecule has 20 heavy (non-hydrogen) atoms. The summed E-state index contributed by atoms with van der Waals surface area (Å²) < 4.78 is 37.4. The highest BCUT2D eigenvalue weighted by molar-refractivity contribution is 5.87. The van der Waals surface area contributed by atoms with E-state index in [0.717, 1.165) is 11.3 Å². The van der Waals surface area contributed by atoms with Crippen molar-refractivity contribution < 1.29 is 22.8 Å². The van der Waals surface area contributed by atoms with Gasteiger partial charge in [-0.2, -0.15) is 13.2 Å². The number of unbranched alkanes of at least 4 members (excludes halogenated alkanes) is 1. The summed E-state index contributed by atoms with van der Waals surface area (Å²) in [5.41, 5.74) is 5.59. The van der Waals surface area contributed by atoms with Crippen molar-refractivity contribution in [3.8, 4) is 0 Å². The Morgan fingerprint density at radius 3 is 2.20 bits per heavy atom. The van der Waals surface area contributed by atoms with E-state index in [9.17, 15) is 22.8 Å². The van der Waals surface area contributed by atoms with Gasteiger partial charge in [-0.25, -0.2) is 0 Å². The van der Waals surface area contributed by atoms with Crippen LogP contribution in [-0.4, -0.2) is 61.0 Å². The molecule has 1 atom stereocenters. The molecule has 0 radical (unpaired) electrons. The third-order valence-corrected chi connectivity index (χ3v) is 2.69. The van der Waals surface area contributed by atoms with E-state index in [1.165, 1.54) is 14.1 Å². The zero-order valence-corrected chi connectivity index (χ0v) is 12.0. The van der Waals surface area contributed by atoms with E-state index in [1.54, 1.807) is 0 Å². The van der Waals surface area contributed by atoms with Gasteiger partial charge >= 0.3 is 6.18 Å². The SMILES string of the molecule is CCCCC(N)C(=O)N(CC(=O)N(C)C)CC(F)(F)F. The van der Waals surface area contributed by atoms with Crippen molar-refractivity contribution in [3.05, 3.63) is 0 Å². The standard InChI is InChI=1S/C12H22F3N3O2/c1-4-5-6-9(16)11(20)18(8-12(13,14)15)7-10(19)17(2)3/h9H,4-8,16H2,1-3H3. The first kappa shape index (κ1) is 18.7. The Kier molecular flexibility index (Phi) is 7.55. The molecule has 5 nitrogen and oxygen atoms in total. The summed E-state index contributed by atoms with van der Waals surface area (Å²) >= 11 is 0. The van der Waals surface area contributed by atoms with E-state index in [0.29, 0.717) is 17.7 Å². The van der Waals surface area contributed by atoms with Crippen LogP contribution in [0, 0.1) is 0 Å². The quantitative estimate of drug-likeness (QED) is 0.762. The fourth-order valence-electron chi connectivity index (χ4n) is 1.51. The molecular formula is C12H22F3N3O2. The minimum Gasteiger partial charge on any atom is -0.347 e. The van der Waals surface area contributed by atoms with E-state index < -0.39 is 37.1 Å². The number of rotatable bonds is 7. The molecule has 1 unspecified atom stereocenters. The molecule has 0 aromatic rings. The van der Waals surface area contributed by atoms with Crippen LogP contribution in [0.5, 0.6) is 0 Å². The maximum atomic E-state index is 12.5. The average molecular weight is 297 g/mol. The van der Waals surface area contributed by atoms with Gasteiger partial charge in [0, 0.05) is 14.1 Å². The Morgan fingerprint density at radius 1 is 1.25 bits per heavy atom. The number of carbonyl (C=O) groups excluding carboxylic acids is 2. The lowest BCUT2D eigenvalue weighted by atomic mass is 10.1. The molecule has 2 amide bonds. The molecule has 0 heterocycles. The molecule has 0 fully saturated rings. The molecule has 0 bridgehead atoms. The lowest BCUT2D eigenvalue weighted by Gasteiger charge is -2.27. The van der Waals surface area contributed by atoms with Crippen molar-refractivity contribution in [1.82, 2.24) is 9.80 Å². The summed E-state index contributed by atoms with van der Waals surface area (Å²) in [6.07, 6.45) is -2.82. The van der Waals surface area contributed by atoms with Gasteiger partial charge < -0.3 is 15.5 Å².